The highest BCUT2D eigenvalue weighted by atomic mass is 32.2. The number of carbonyl (C=O) groups excluding carboxylic acids is 1. The highest BCUT2D eigenvalue weighted by Crippen LogP contribution is 2.21. The van der Waals surface area contributed by atoms with Gasteiger partial charge in [-0.25, -0.2) is 13.9 Å². The average Bonchev–Trinajstić information content (AvgIpc) is 2.45. The minimum Gasteiger partial charge on any atom is -0.491 e. The van der Waals surface area contributed by atoms with Crippen molar-refractivity contribution in [2.45, 2.75) is 38.7 Å². The molecular formula is C15H24N2O5S. The summed E-state index contributed by atoms with van der Waals surface area (Å²) in [7, 11) is -3.84. The highest BCUT2D eigenvalue weighted by Gasteiger charge is 2.27. The Kier molecular flexibility index (Phi) is 6.99. The molecule has 0 heterocycles. The lowest BCUT2D eigenvalue weighted by Crippen LogP contribution is -2.41. The molecular weight excluding hydrogens is 320 g/mol. The van der Waals surface area contributed by atoms with Crippen molar-refractivity contribution >= 4 is 15.9 Å². The van der Waals surface area contributed by atoms with Gasteiger partial charge in [-0.1, -0.05) is 13.8 Å². The molecule has 0 aliphatic heterocycles. The van der Waals surface area contributed by atoms with E-state index in [0.717, 1.165) is 4.31 Å². The molecule has 7 nitrogen and oxygen atoms in total. The first-order chi connectivity index (χ1) is 10.7. The summed E-state index contributed by atoms with van der Waals surface area (Å²) < 4.78 is 31.9. The van der Waals surface area contributed by atoms with Crippen LogP contribution in [0.4, 0.5) is 0 Å². The third-order valence-electron chi connectivity index (χ3n) is 2.85. The quantitative estimate of drug-likeness (QED) is 0.552. The number of hydrogen-bond acceptors (Lipinski definition) is 5. The van der Waals surface area contributed by atoms with Gasteiger partial charge >= 0.3 is 0 Å². The van der Waals surface area contributed by atoms with Crippen LogP contribution in [0.15, 0.2) is 29.2 Å². The Morgan fingerprint density at radius 2 is 1.78 bits per heavy atom. The van der Waals surface area contributed by atoms with E-state index in [1.807, 2.05) is 27.7 Å². The first-order valence-corrected chi connectivity index (χ1v) is 8.80. The smallest absolute Gasteiger partial charge is 0.258 e. The first kappa shape index (κ1) is 19.4. The van der Waals surface area contributed by atoms with Gasteiger partial charge in [-0.3, -0.25) is 10.0 Å². The van der Waals surface area contributed by atoms with Crippen LogP contribution in [-0.2, 0) is 14.8 Å². The van der Waals surface area contributed by atoms with Crippen LogP contribution in [0.3, 0.4) is 0 Å². The van der Waals surface area contributed by atoms with Crippen LogP contribution >= 0.6 is 0 Å². The second-order valence-corrected chi connectivity index (χ2v) is 7.80. The van der Waals surface area contributed by atoms with E-state index in [0.29, 0.717) is 5.75 Å². The van der Waals surface area contributed by atoms with Gasteiger partial charge in [0.1, 0.15) is 5.75 Å². The number of amides is 1. The predicted octanol–water partition coefficient (Wildman–Crippen LogP) is 1.63. The maximum atomic E-state index is 12.7. The zero-order valence-corrected chi connectivity index (χ0v) is 14.6. The summed E-state index contributed by atoms with van der Waals surface area (Å²) in [6, 6.07) is 6.04. The van der Waals surface area contributed by atoms with E-state index in [4.69, 9.17) is 9.94 Å². The molecule has 0 saturated carbocycles. The molecule has 2 N–H and O–H groups in total. The van der Waals surface area contributed by atoms with Gasteiger partial charge < -0.3 is 4.74 Å². The third-order valence-corrected chi connectivity index (χ3v) is 4.67. The number of benzene rings is 1. The normalized spacial score (nSPS) is 12.0. The molecule has 1 rings (SSSR count). The Morgan fingerprint density at radius 1 is 1.22 bits per heavy atom. The van der Waals surface area contributed by atoms with E-state index in [9.17, 15) is 13.2 Å². The Labute approximate surface area is 137 Å². The van der Waals surface area contributed by atoms with Gasteiger partial charge in [-0.05, 0) is 44.0 Å². The number of ether oxygens (including phenoxy) is 1. The van der Waals surface area contributed by atoms with Crippen LogP contribution < -0.4 is 10.2 Å². The van der Waals surface area contributed by atoms with E-state index in [2.05, 4.69) is 0 Å². The van der Waals surface area contributed by atoms with Crippen molar-refractivity contribution in [3.05, 3.63) is 24.3 Å². The van der Waals surface area contributed by atoms with Gasteiger partial charge in [0.2, 0.25) is 10.0 Å². The molecule has 0 unspecified atom stereocenters. The number of hydroxylamine groups is 1. The van der Waals surface area contributed by atoms with E-state index in [1.165, 1.54) is 17.6 Å². The summed E-state index contributed by atoms with van der Waals surface area (Å²) >= 11 is 0. The van der Waals surface area contributed by atoms with E-state index in [-0.39, 0.29) is 23.5 Å². The zero-order chi connectivity index (χ0) is 17.6. The summed E-state index contributed by atoms with van der Waals surface area (Å²) in [5.41, 5.74) is 1.46. The number of sulfonamides is 1. The minimum absolute atomic E-state index is 0.0110. The van der Waals surface area contributed by atoms with Crippen molar-refractivity contribution < 1.29 is 23.2 Å². The molecule has 0 aliphatic carbocycles. The molecule has 0 saturated heterocycles. The number of hydrogen-bond donors (Lipinski definition) is 2. The van der Waals surface area contributed by atoms with Crippen molar-refractivity contribution in [3.63, 3.8) is 0 Å². The molecule has 0 bridgehead atoms. The molecule has 0 aliphatic rings. The summed E-state index contributed by atoms with van der Waals surface area (Å²) in [6.07, 6.45) is -0.0110. The molecule has 1 aromatic rings. The monoisotopic (exact) mass is 344 g/mol. The van der Waals surface area contributed by atoms with Crippen LogP contribution in [0.1, 0.15) is 27.7 Å². The molecule has 0 spiro atoms. The molecule has 0 aromatic heterocycles. The van der Waals surface area contributed by atoms with Crippen LogP contribution in [-0.4, -0.2) is 43.0 Å². The van der Waals surface area contributed by atoms with Gasteiger partial charge in [0.15, 0.2) is 0 Å². The number of carbonyl (C=O) groups is 1. The van der Waals surface area contributed by atoms with Gasteiger partial charge in [-0.15, -0.1) is 0 Å². The molecule has 23 heavy (non-hydrogen) atoms. The van der Waals surface area contributed by atoms with Crippen molar-refractivity contribution in [1.82, 2.24) is 9.79 Å². The Balaban J connectivity index is 3.05. The molecule has 0 fully saturated rings. The number of nitrogens with one attached hydrogen (secondary N) is 1. The second-order valence-electron chi connectivity index (χ2n) is 5.86. The van der Waals surface area contributed by atoms with Crippen LogP contribution in [0.5, 0.6) is 5.75 Å². The maximum Gasteiger partial charge on any atom is 0.258 e. The Hall–Kier alpha value is -1.64. The van der Waals surface area contributed by atoms with Crippen LogP contribution in [0.25, 0.3) is 0 Å². The molecule has 1 aromatic carbocycles. The van der Waals surface area contributed by atoms with Gasteiger partial charge in [0.05, 0.1) is 17.5 Å². The zero-order valence-electron chi connectivity index (χ0n) is 13.8. The van der Waals surface area contributed by atoms with Crippen molar-refractivity contribution in [2.24, 2.45) is 5.92 Å². The minimum atomic E-state index is -3.84. The second kappa shape index (κ2) is 8.28. The fourth-order valence-electron chi connectivity index (χ4n) is 1.96. The summed E-state index contributed by atoms with van der Waals surface area (Å²) in [5.74, 6) is -0.184. The molecule has 0 atom stereocenters. The lowest BCUT2D eigenvalue weighted by atomic mass is 10.2. The maximum absolute atomic E-state index is 12.7. The van der Waals surface area contributed by atoms with E-state index < -0.39 is 22.5 Å². The predicted molar refractivity (Wildman–Crippen MR) is 85.7 cm³/mol. The number of rotatable bonds is 8. The fraction of sp³-hybridized carbons (Fsp3) is 0.533. The topological polar surface area (TPSA) is 95.9 Å². The summed E-state index contributed by atoms with van der Waals surface area (Å²) in [6.45, 7) is 7.17. The molecule has 8 heteroatoms. The van der Waals surface area contributed by atoms with E-state index in [1.54, 1.807) is 12.1 Å². The SMILES string of the molecule is CC(C)CN(CC(=O)NO)S(=O)(=O)c1ccc(OC(C)C)cc1. The van der Waals surface area contributed by atoms with Crippen molar-refractivity contribution in [1.29, 1.82) is 0 Å². The lowest BCUT2D eigenvalue weighted by Gasteiger charge is -2.23. The van der Waals surface area contributed by atoms with Crippen LogP contribution in [0, 0.1) is 5.92 Å². The summed E-state index contributed by atoms with van der Waals surface area (Å²) in [4.78, 5) is 11.4. The lowest BCUT2D eigenvalue weighted by molar-refractivity contribution is -0.129. The molecule has 0 radical (unpaired) electrons. The van der Waals surface area contributed by atoms with Gasteiger partial charge in [-0.2, -0.15) is 4.31 Å². The molecule has 1 amide bonds. The van der Waals surface area contributed by atoms with Crippen molar-refractivity contribution in [2.75, 3.05) is 13.1 Å². The number of nitrogens with zero attached hydrogens (tertiary/aromatic N) is 1. The van der Waals surface area contributed by atoms with Gasteiger partial charge in [0, 0.05) is 6.54 Å². The van der Waals surface area contributed by atoms with Gasteiger partial charge in [0.25, 0.3) is 5.91 Å². The van der Waals surface area contributed by atoms with Crippen LogP contribution in [0.2, 0.25) is 0 Å². The Morgan fingerprint density at radius 3 is 2.22 bits per heavy atom. The summed E-state index contributed by atoms with van der Waals surface area (Å²) in [5, 5.41) is 8.64. The van der Waals surface area contributed by atoms with Crippen molar-refractivity contribution in [3.8, 4) is 5.75 Å². The Bertz CT molecular complexity index is 611. The fourth-order valence-corrected chi connectivity index (χ4v) is 3.52. The molecule has 130 valence electrons. The van der Waals surface area contributed by atoms with E-state index >= 15 is 0 Å². The first-order valence-electron chi connectivity index (χ1n) is 7.36. The largest absolute Gasteiger partial charge is 0.491 e. The standard InChI is InChI=1S/C15H24N2O5S/c1-11(2)9-17(10-15(18)16-19)23(20,21)14-7-5-13(6-8-14)22-12(3)4/h5-8,11-12,19H,9-10H2,1-4H3,(H,16,18). The third kappa shape index (κ3) is 5.81. The highest BCUT2D eigenvalue weighted by molar-refractivity contribution is 7.89. The average molecular weight is 344 g/mol.